The van der Waals surface area contributed by atoms with Gasteiger partial charge >= 0.3 is 5.70 Å². The summed E-state index contributed by atoms with van der Waals surface area (Å²) in [7, 11) is 0. The van der Waals surface area contributed by atoms with Gasteiger partial charge in [-0.2, -0.15) is 0 Å². The Bertz CT molecular complexity index is 437. The second-order valence-electron chi connectivity index (χ2n) is 3.89. The molecule has 0 radical (unpaired) electrons. The number of Topliss-reactive ketones (excluding diaryl/α,β-unsaturated/α-hetero) is 1. The summed E-state index contributed by atoms with van der Waals surface area (Å²) in [5.74, 6) is -0.515. The van der Waals surface area contributed by atoms with E-state index in [9.17, 15) is 14.9 Å². The number of ketones is 1. The van der Waals surface area contributed by atoms with E-state index < -0.39 is 10.7 Å². The molecule has 0 heterocycles. The quantitative estimate of drug-likeness (QED) is 0.340. The number of benzene rings is 1. The number of hydrogen-bond donors (Lipinski definition) is 0. The lowest BCUT2D eigenvalue weighted by atomic mass is 10.0. The van der Waals surface area contributed by atoms with Crippen LogP contribution in [0.2, 0.25) is 0 Å². The van der Waals surface area contributed by atoms with Crippen LogP contribution < -0.4 is 0 Å². The van der Waals surface area contributed by atoms with E-state index in [1.54, 1.807) is 30.3 Å². The van der Waals surface area contributed by atoms with Crippen molar-refractivity contribution in [1.29, 1.82) is 0 Å². The highest BCUT2D eigenvalue weighted by Crippen LogP contribution is 2.13. The second kappa shape index (κ2) is 5.94. The number of nitro groups is 1. The molecule has 90 valence electrons. The lowest BCUT2D eigenvalue weighted by Crippen LogP contribution is -2.13. The van der Waals surface area contributed by atoms with E-state index in [1.165, 1.54) is 6.08 Å². The van der Waals surface area contributed by atoms with E-state index >= 15 is 0 Å². The first-order valence-corrected chi connectivity index (χ1v) is 5.52. The normalized spacial score (nSPS) is 13.2. The molecule has 1 aromatic rings. The van der Waals surface area contributed by atoms with Crippen LogP contribution in [0.5, 0.6) is 0 Å². The minimum absolute atomic E-state index is 0.0167. The molecule has 1 aromatic carbocycles. The van der Waals surface area contributed by atoms with Crippen molar-refractivity contribution >= 4 is 5.78 Å². The molecule has 0 aliphatic heterocycles. The highest BCUT2D eigenvalue weighted by molar-refractivity contribution is 6.06. The fraction of sp³-hybridized carbons (Fsp3) is 0.308. The average molecular weight is 233 g/mol. The number of carbonyl (C=O) groups excluding carboxylic acids is 1. The zero-order valence-corrected chi connectivity index (χ0v) is 9.92. The topological polar surface area (TPSA) is 60.2 Å². The Hall–Kier alpha value is -1.97. The summed E-state index contributed by atoms with van der Waals surface area (Å²) in [6, 6.07) is 8.30. The molecule has 0 saturated heterocycles. The molecule has 0 saturated carbocycles. The van der Waals surface area contributed by atoms with Crippen LogP contribution in [0.25, 0.3) is 0 Å². The third-order valence-corrected chi connectivity index (χ3v) is 2.55. The minimum Gasteiger partial charge on any atom is -0.282 e. The lowest BCUT2D eigenvalue weighted by Gasteiger charge is -2.02. The summed E-state index contributed by atoms with van der Waals surface area (Å²) >= 11 is 0. The molecule has 0 aliphatic carbocycles. The average Bonchev–Trinajstić information content (AvgIpc) is 2.35. The third-order valence-electron chi connectivity index (χ3n) is 2.55. The van der Waals surface area contributed by atoms with Gasteiger partial charge in [0.05, 0.1) is 4.92 Å². The smallest absolute Gasteiger partial charge is 0.282 e. The molecule has 4 heteroatoms. The molecule has 0 aromatic heterocycles. The van der Waals surface area contributed by atoms with Crippen LogP contribution >= 0.6 is 0 Å². The van der Waals surface area contributed by atoms with Crippen molar-refractivity contribution in [2.45, 2.75) is 20.3 Å². The Morgan fingerprint density at radius 1 is 1.41 bits per heavy atom. The Labute approximate surface area is 100 Å². The molecule has 1 atom stereocenters. The van der Waals surface area contributed by atoms with Crippen LogP contribution in [0.15, 0.2) is 42.1 Å². The maximum atomic E-state index is 11.9. The molecule has 4 nitrogen and oxygen atoms in total. The Kier molecular flexibility index (Phi) is 4.57. The Morgan fingerprint density at radius 3 is 2.47 bits per heavy atom. The molecule has 0 amide bonds. The molecule has 0 spiro atoms. The van der Waals surface area contributed by atoms with Gasteiger partial charge in [0.2, 0.25) is 0 Å². The zero-order chi connectivity index (χ0) is 12.8. The maximum Gasteiger partial charge on any atom is 0.313 e. The van der Waals surface area contributed by atoms with E-state index in [0.29, 0.717) is 5.56 Å². The number of hydrogen-bond acceptors (Lipinski definition) is 3. The summed E-state index contributed by atoms with van der Waals surface area (Å²) in [5.41, 5.74) is 0.00398. The first-order chi connectivity index (χ1) is 8.06. The summed E-state index contributed by atoms with van der Waals surface area (Å²) in [5, 5.41) is 10.9. The first-order valence-electron chi connectivity index (χ1n) is 5.52. The fourth-order valence-corrected chi connectivity index (χ4v) is 1.34. The number of rotatable bonds is 5. The SMILES string of the molecule is CCC(C)/C=C(\C(=O)c1ccccc1)[N+](=O)[O-]. The fourth-order valence-electron chi connectivity index (χ4n) is 1.34. The van der Waals surface area contributed by atoms with Crippen LogP contribution in [-0.2, 0) is 0 Å². The molecular formula is C13H15NO3. The van der Waals surface area contributed by atoms with Crippen molar-refractivity contribution in [2.24, 2.45) is 5.92 Å². The van der Waals surface area contributed by atoms with Gasteiger partial charge in [0, 0.05) is 11.6 Å². The van der Waals surface area contributed by atoms with Gasteiger partial charge in [-0.05, 0) is 12.3 Å². The van der Waals surface area contributed by atoms with Crippen LogP contribution in [0.1, 0.15) is 30.6 Å². The predicted molar refractivity (Wildman–Crippen MR) is 65.3 cm³/mol. The lowest BCUT2D eigenvalue weighted by molar-refractivity contribution is -0.417. The van der Waals surface area contributed by atoms with Crippen molar-refractivity contribution in [1.82, 2.24) is 0 Å². The van der Waals surface area contributed by atoms with Crippen LogP contribution in [0.4, 0.5) is 0 Å². The van der Waals surface area contributed by atoms with Gasteiger partial charge in [0.1, 0.15) is 0 Å². The number of nitrogens with zero attached hydrogens (tertiary/aromatic N) is 1. The van der Waals surface area contributed by atoms with Crippen LogP contribution in [0, 0.1) is 16.0 Å². The van der Waals surface area contributed by atoms with Gasteiger partial charge in [0.15, 0.2) is 0 Å². The van der Waals surface area contributed by atoms with Gasteiger partial charge in [-0.25, -0.2) is 0 Å². The van der Waals surface area contributed by atoms with E-state index in [1.807, 2.05) is 13.8 Å². The molecule has 0 N–H and O–H groups in total. The molecule has 0 fully saturated rings. The van der Waals surface area contributed by atoms with Gasteiger partial charge in [0.25, 0.3) is 5.78 Å². The third kappa shape index (κ3) is 3.52. The monoisotopic (exact) mass is 233 g/mol. The van der Waals surface area contributed by atoms with Crippen molar-refractivity contribution in [3.63, 3.8) is 0 Å². The maximum absolute atomic E-state index is 11.9. The Balaban J connectivity index is 3.05. The molecule has 0 aliphatic rings. The van der Waals surface area contributed by atoms with Crippen LogP contribution in [0.3, 0.4) is 0 Å². The Morgan fingerprint density at radius 2 is 2.00 bits per heavy atom. The van der Waals surface area contributed by atoms with Crippen molar-refractivity contribution in [2.75, 3.05) is 0 Å². The van der Waals surface area contributed by atoms with E-state index in [4.69, 9.17) is 0 Å². The van der Waals surface area contributed by atoms with Crippen molar-refractivity contribution < 1.29 is 9.72 Å². The highest BCUT2D eigenvalue weighted by atomic mass is 16.6. The molecular weight excluding hydrogens is 218 g/mol. The van der Waals surface area contributed by atoms with Crippen molar-refractivity contribution in [3.8, 4) is 0 Å². The highest BCUT2D eigenvalue weighted by Gasteiger charge is 2.23. The van der Waals surface area contributed by atoms with E-state index in [0.717, 1.165) is 6.42 Å². The summed E-state index contributed by atoms with van der Waals surface area (Å²) in [6.07, 6.45) is 2.19. The number of carbonyl (C=O) groups is 1. The van der Waals surface area contributed by atoms with E-state index in [-0.39, 0.29) is 11.6 Å². The van der Waals surface area contributed by atoms with Gasteiger partial charge < -0.3 is 0 Å². The summed E-state index contributed by atoms with van der Waals surface area (Å²) < 4.78 is 0. The van der Waals surface area contributed by atoms with Crippen LogP contribution in [-0.4, -0.2) is 10.7 Å². The van der Waals surface area contributed by atoms with Crippen molar-refractivity contribution in [3.05, 3.63) is 57.8 Å². The van der Waals surface area contributed by atoms with Gasteiger partial charge in [-0.1, -0.05) is 44.2 Å². The zero-order valence-electron chi connectivity index (χ0n) is 9.92. The predicted octanol–water partition coefficient (Wildman–Crippen LogP) is 3.08. The summed E-state index contributed by atoms with van der Waals surface area (Å²) in [6.45, 7) is 3.77. The van der Waals surface area contributed by atoms with Gasteiger partial charge in [-0.15, -0.1) is 0 Å². The minimum atomic E-state index is -0.610. The second-order valence-corrected chi connectivity index (χ2v) is 3.89. The van der Waals surface area contributed by atoms with E-state index in [2.05, 4.69) is 0 Å². The van der Waals surface area contributed by atoms with Gasteiger partial charge in [-0.3, -0.25) is 14.9 Å². The number of allylic oxidation sites excluding steroid dienone is 2. The summed E-state index contributed by atoms with van der Waals surface area (Å²) in [4.78, 5) is 22.2. The first kappa shape index (κ1) is 13.1. The molecule has 17 heavy (non-hydrogen) atoms. The molecule has 1 unspecified atom stereocenters. The standard InChI is InChI=1S/C13H15NO3/c1-3-10(2)9-12(14(16)17)13(15)11-7-5-4-6-8-11/h4-10H,3H2,1-2H3/b12-9+. The molecule has 0 bridgehead atoms. The molecule has 1 rings (SSSR count). The largest absolute Gasteiger partial charge is 0.313 e.